The molecular formula is C14H17ClN2OS. The van der Waals surface area contributed by atoms with Gasteiger partial charge in [0.1, 0.15) is 5.01 Å². The van der Waals surface area contributed by atoms with Crippen LogP contribution in [-0.4, -0.2) is 25.2 Å². The Morgan fingerprint density at radius 1 is 1.47 bits per heavy atom. The van der Waals surface area contributed by atoms with Crippen LogP contribution < -0.4 is 5.32 Å². The van der Waals surface area contributed by atoms with Crippen molar-refractivity contribution in [3.05, 3.63) is 50.9 Å². The van der Waals surface area contributed by atoms with Gasteiger partial charge < -0.3 is 10.1 Å². The van der Waals surface area contributed by atoms with Gasteiger partial charge in [0.25, 0.3) is 0 Å². The lowest BCUT2D eigenvalue weighted by atomic mass is 10.0. The summed E-state index contributed by atoms with van der Waals surface area (Å²) in [7, 11) is 1.70. The third-order valence-electron chi connectivity index (χ3n) is 2.90. The summed E-state index contributed by atoms with van der Waals surface area (Å²) in [5.41, 5.74) is 2.37. The minimum absolute atomic E-state index is 0.0902. The monoisotopic (exact) mass is 296 g/mol. The molecule has 102 valence electrons. The van der Waals surface area contributed by atoms with E-state index >= 15 is 0 Å². The second-order valence-electron chi connectivity index (χ2n) is 4.25. The van der Waals surface area contributed by atoms with E-state index in [1.54, 1.807) is 18.4 Å². The molecule has 0 amide bonds. The molecule has 1 heterocycles. The van der Waals surface area contributed by atoms with Gasteiger partial charge in [-0.15, -0.1) is 11.3 Å². The first-order valence-electron chi connectivity index (χ1n) is 6.10. The fourth-order valence-corrected chi connectivity index (χ4v) is 2.93. The van der Waals surface area contributed by atoms with Gasteiger partial charge in [-0.05, 0) is 30.2 Å². The number of methoxy groups -OCH3 is 1. The molecule has 0 bridgehead atoms. The Bertz CT molecular complexity index is 516. The summed E-state index contributed by atoms with van der Waals surface area (Å²) >= 11 is 7.67. The minimum Gasteiger partial charge on any atom is -0.383 e. The molecule has 0 fully saturated rings. The minimum atomic E-state index is 0.0902. The fourth-order valence-electron chi connectivity index (χ4n) is 1.98. The predicted octanol–water partition coefficient (Wildman–Crippen LogP) is 3.43. The lowest BCUT2D eigenvalue weighted by Gasteiger charge is -2.19. The van der Waals surface area contributed by atoms with Crippen LogP contribution in [0.4, 0.5) is 0 Å². The number of nitrogens with zero attached hydrogens (tertiary/aromatic N) is 1. The maximum absolute atomic E-state index is 6.02. The maximum atomic E-state index is 6.02. The van der Waals surface area contributed by atoms with E-state index in [9.17, 15) is 0 Å². The zero-order valence-corrected chi connectivity index (χ0v) is 12.6. The number of hydrogen-bond donors (Lipinski definition) is 1. The number of hydrogen-bond acceptors (Lipinski definition) is 4. The topological polar surface area (TPSA) is 34.1 Å². The zero-order valence-electron chi connectivity index (χ0n) is 11.0. The van der Waals surface area contributed by atoms with Crippen LogP contribution >= 0.6 is 22.9 Å². The number of rotatable bonds is 6. The first-order chi connectivity index (χ1) is 9.22. The summed E-state index contributed by atoms with van der Waals surface area (Å²) < 4.78 is 5.09. The van der Waals surface area contributed by atoms with Crippen LogP contribution in [0.3, 0.4) is 0 Å². The van der Waals surface area contributed by atoms with Gasteiger partial charge in [0, 0.05) is 30.3 Å². The van der Waals surface area contributed by atoms with Crippen molar-refractivity contribution in [1.82, 2.24) is 10.3 Å². The van der Waals surface area contributed by atoms with E-state index in [0.717, 1.165) is 22.1 Å². The molecule has 1 unspecified atom stereocenters. The molecule has 5 heteroatoms. The molecule has 0 aliphatic heterocycles. The van der Waals surface area contributed by atoms with E-state index < -0.39 is 0 Å². The standard InChI is InChI=1S/C14H17ClN2OS/c1-10-9-11(15)3-4-12(10)13(16-5-7-18-2)14-17-6-8-19-14/h3-4,6,8-9,13,16H,5,7H2,1-2H3. The van der Waals surface area contributed by atoms with Gasteiger partial charge in [-0.2, -0.15) is 0 Å². The smallest absolute Gasteiger partial charge is 0.114 e. The lowest BCUT2D eigenvalue weighted by molar-refractivity contribution is 0.197. The van der Waals surface area contributed by atoms with Crippen LogP contribution in [0.5, 0.6) is 0 Å². The predicted molar refractivity (Wildman–Crippen MR) is 80.0 cm³/mol. The molecule has 2 aromatic rings. The molecule has 3 nitrogen and oxygen atoms in total. The average Bonchev–Trinajstić information content (AvgIpc) is 2.89. The number of halogens is 1. The second kappa shape index (κ2) is 7.01. The van der Waals surface area contributed by atoms with Crippen molar-refractivity contribution >= 4 is 22.9 Å². The molecule has 0 saturated carbocycles. The lowest BCUT2D eigenvalue weighted by Crippen LogP contribution is -2.26. The Hall–Kier alpha value is -0.940. The van der Waals surface area contributed by atoms with Crippen LogP contribution in [0.25, 0.3) is 0 Å². The van der Waals surface area contributed by atoms with Crippen molar-refractivity contribution in [2.45, 2.75) is 13.0 Å². The van der Waals surface area contributed by atoms with Gasteiger partial charge in [-0.3, -0.25) is 0 Å². The number of thiazole rings is 1. The number of aromatic nitrogens is 1. The van der Waals surface area contributed by atoms with Gasteiger partial charge in [-0.1, -0.05) is 17.7 Å². The molecule has 1 aromatic carbocycles. The molecule has 2 rings (SSSR count). The first-order valence-corrected chi connectivity index (χ1v) is 7.36. The molecule has 0 radical (unpaired) electrons. The summed E-state index contributed by atoms with van der Waals surface area (Å²) in [6, 6.07) is 6.05. The molecule has 0 spiro atoms. The molecule has 0 aliphatic rings. The summed E-state index contributed by atoms with van der Waals surface area (Å²) in [6.07, 6.45) is 1.83. The zero-order chi connectivity index (χ0) is 13.7. The summed E-state index contributed by atoms with van der Waals surface area (Å²) in [6.45, 7) is 3.52. The van der Waals surface area contributed by atoms with Crippen molar-refractivity contribution in [3.63, 3.8) is 0 Å². The largest absolute Gasteiger partial charge is 0.383 e. The summed E-state index contributed by atoms with van der Waals surface area (Å²) in [5.74, 6) is 0. The van der Waals surface area contributed by atoms with E-state index in [2.05, 4.69) is 23.3 Å². The van der Waals surface area contributed by atoms with E-state index in [4.69, 9.17) is 16.3 Å². The molecule has 1 aromatic heterocycles. The Morgan fingerprint density at radius 3 is 2.95 bits per heavy atom. The fraction of sp³-hybridized carbons (Fsp3) is 0.357. The number of ether oxygens (including phenoxy) is 1. The average molecular weight is 297 g/mol. The SMILES string of the molecule is COCCNC(c1nccs1)c1ccc(Cl)cc1C. The van der Waals surface area contributed by atoms with Crippen LogP contribution in [0.15, 0.2) is 29.8 Å². The molecule has 19 heavy (non-hydrogen) atoms. The Morgan fingerprint density at radius 2 is 2.32 bits per heavy atom. The quantitative estimate of drug-likeness (QED) is 0.829. The van der Waals surface area contributed by atoms with Crippen molar-refractivity contribution in [1.29, 1.82) is 0 Å². The van der Waals surface area contributed by atoms with Crippen molar-refractivity contribution in [2.24, 2.45) is 0 Å². The van der Waals surface area contributed by atoms with E-state index in [-0.39, 0.29) is 6.04 Å². The number of benzene rings is 1. The second-order valence-corrected chi connectivity index (χ2v) is 5.61. The maximum Gasteiger partial charge on any atom is 0.114 e. The highest BCUT2D eigenvalue weighted by molar-refractivity contribution is 7.09. The highest BCUT2D eigenvalue weighted by Crippen LogP contribution is 2.27. The first kappa shape index (κ1) is 14.5. The van der Waals surface area contributed by atoms with Gasteiger partial charge in [-0.25, -0.2) is 4.98 Å². The third-order valence-corrected chi connectivity index (χ3v) is 3.97. The van der Waals surface area contributed by atoms with Crippen LogP contribution in [0, 0.1) is 6.92 Å². The molecule has 0 aliphatic carbocycles. The van der Waals surface area contributed by atoms with Crippen LogP contribution in [-0.2, 0) is 4.74 Å². The molecular weight excluding hydrogens is 280 g/mol. The van der Waals surface area contributed by atoms with E-state index in [0.29, 0.717) is 6.61 Å². The highest BCUT2D eigenvalue weighted by Gasteiger charge is 2.17. The summed E-state index contributed by atoms with van der Waals surface area (Å²) in [5, 5.41) is 7.29. The normalized spacial score (nSPS) is 12.6. The van der Waals surface area contributed by atoms with Gasteiger partial charge in [0.05, 0.1) is 12.6 Å². The molecule has 1 N–H and O–H groups in total. The Labute approximate surface area is 122 Å². The Balaban J connectivity index is 2.26. The van der Waals surface area contributed by atoms with Crippen LogP contribution in [0.1, 0.15) is 22.2 Å². The van der Waals surface area contributed by atoms with Crippen molar-refractivity contribution in [3.8, 4) is 0 Å². The third kappa shape index (κ3) is 3.76. The van der Waals surface area contributed by atoms with E-state index in [1.165, 1.54) is 5.56 Å². The van der Waals surface area contributed by atoms with Gasteiger partial charge in [0.2, 0.25) is 0 Å². The number of nitrogens with one attached hydrogen (secondary N) is 1. The number of aryl methyl sites for hydroxylation is 1. The highest BCUT2D eigenvalue weighted by atomic mass is 35.5. The van der Waals surface area contributed by atoms with Gasteiger partial charge >= 0.3 is 0 Å². The van der Waals surface area contributed by atoms with Crippen LogP contribution in [0.2, 0.25) is 5.02 Å². The Kier molecular flexibility index (Phi) is 5.34. The van der Waals surface area contributed by atoms with Crippen molar-refractivity contribution < 1.29 is 4.74 Å². The molecule has 0 saturated heterocycles. The van der Waals surface area contributed by atoms with Gasteiger partial charge in [0.15, 0.2) is 0 Å². The van der Waals surface area contributed by atoms with E-state index in [1.807, 2.05) is 23.7 Å². The molecule has 1 atom stereocenters. The van der Waals surface area contributed by atoms with Crippen molar-refractivity contribution in [2.75, 3.05) is 20.3 Å². The summed E-state index contributed by atoms with van der Waals surface area (Å²) in [4.78, 5) is 4.42.